The van der Waals surface area contributed by atoms with E-state index in [1.165, 1.54) is 0 Å². The van der Waals surface area contributed by atoms with Gasteiger partial charge in [0.05, 0.1) is 18.1 Å². The van der Waals surface area contributed by atoms with Gasteiger partial charge in [0, 0.05) is 19.0 Å². The number of amides is 1. The third kappa shape index (κ3) is 3.47. The first-order valence-electron chi connectivity index (χ1n) is 7.14. The molecule has 2 fully saturated rings. The van der Waals surface area contributed by atoms with Crippen molar-refractivity contribution in [1.29, 1.82) is 0 Å². The number of piperidine rings is 1. The lowest BCUT2D eigenvalue weighted by Crippen LogP contribution is -2.46. The van der Waals surface area contributed by atoms with Crippen LogP contribution in [0.3, 0.4) is 0 Å². The van der Waals surface area contributed by atoms with Crippen molar-refractivity contribution >= 4 is 11.9 Å². The molecule has 0 aromatic rings. The Kier molecular flexibility index (Phi) is 4.45. The quantitative estimate of drug-likeness (QED) is 0.825. The maximum absolute atomic E-state index is 12.4. The van der Waals surface area contributed by atoms with Crippen LogP contribution in [0.2, 0.25) is 0 Å². The molecule has 2 aliphatic rings. The number of aliphatic carboxylic acids is 1. The minimum absolute atomic E-state index is 0.0418. The van der Waals surface area contributed by atoms with Crippen LogP contribution in [0.15, 0.2) is 0 Å². The minimum atomic E-state index is -0.736. The number of ether oxygens (including phenoxy) is 1. The summed E-state index contributed by atoms with van der Waals surface area (Å²) >= 11 is 0. The molecular formula is C14H23NO4. The van der Waals surface area contributed by atoms with Crippen molar-refractivity contribution in [1.82, 2.24) is 4.90 Å². The number of carbonyl (C=O) groups excluding carboxylic acids is 1. The Hall–Kier alpha value is -1.10. The highest BCUT2D eigenvalue weighted by Gasteiger charge is 2.34. The second-order valence-corrected chi connectivity index (χ2v) is 5.86. The zero-order chi connectivity index (χ0) is 14.0. The maximum atomic E-state index is 12.4. The first kappa shape index (κ1) is 14.3. The predicted molar refractivity (Wildman–Crippen MR) is 69.7 cm³/mol. The molecule has 0 aromatic carbocycles. The third-order valence-electron chi connectivity index (χ3n) is 4.20. The minimum Gasteiger partial charge on any atom is -0.481 e. The topological polar surface area (TPSA) is 66.8 Å². The second-order valence-electron chi connectivity index (χ2n) is 5.86. The number of likely N-dealkylation sites (tertiary alicyclic amines) is 1. The van der Waals surface area contributed by atoms with Gasteiger partial charge in [0.2, 0.25) is 5.91 Å². The number of nitrogens with zero attached hydrogens (tertiary/aromatic N) is 1. The molecule has 1 N–H and O–H groups in total. The summed E-state index contributed by atoms with van der Waals surface area (Å²) in [7, 11) is 0. The maximum Gasteiger partial charge on any atom is 0.306 e. The van der Waals surface area contributed by atoms with Crippen LogP contribution in [0.25, 0.3) is 0 Å². The molecule has 1 amide bonds. The smallest absolute Gasteiger partial charge is 0.306 e. The van der Waals surface area contributed by atoms with E-state index in [-0.39, 0.29) is 30.0 Å². The van der Waals surface area contributed by atoms with Gasteiger partial charge in [0.1, 0.15) is 0 Å². The standard InChI is InChI=1S/C14H23NO4/c1-9-7-12(8-10(2)19-9)13(16)15-5-3-11(4-6-15)14(17)18/h9-12H,3-8H2,1-2H3,(H,17,18). The van der Waals surface area contributed by atoms with Gasteiger partial charge in [-0.05, 0) is 39.5 Å². The number of hydrogen-bond acceptors (Lipinski definition) is 3. The van der Waals surface area contributed by atoms with Crippen LogP contribution < -0.4 is 0 Å². The molecule has 2 saturated heterocycles. The highest BCUT2D eigenvalue weighted by molar-refractivity contribution is 5.79. The predicted octanol–water partition coefficient (Wildman–Crippen LogP) is 1.51. The zero-order valence-electron chi connectivity index (χ0n) is 11.7. The van der Waals surface area contributed by atoms with Crippen molar-refractivity contribution in [3.8, 4) is 0 Å². The van der Waals surface area contributed by atoms with E-state index < -0.39 is 5.97 Å². The van der Waals surface area contributed by atoms with Gasteiger partial charge in [-0.3, -0.25) is 9.59 Å². The fraction of sp³-hybridized carbons (Fsp3) is 0.857. The summed E-state index contributed by atoms with van der Waals surface area (Å²) < 4.78 is 5.65. The van der Waals surface area contributed by atoms with Crippen molar-refractivity contribution in [2.24, 2.45) is 11.8 Å². The van der Waals surface area contributed by atoms with Crippen molar-refractivity contribution in [3.63, 3.8) is 0 Å². The first-order chi connectivity index (χ1) is 8.97. The van der Waals surface area contributed by atoms with E-state index in [1.807, 2.05) is 18.7 Å². The summed E-state index contributed by atoms with van der Waals surface area (Å²) in [6, 6.07) is 0. The molecule has 2 heterocycles. The molecule has 0 saturated carbocycles. The molecule has 0 radical (unpaired) electrons. The molecule has 0 spiro atoms. The molecule has 2 rings (SSSR count). The zero-order valence-corrected chi connectivity index (χ0v) is 11.7. The summed E-state index contributed by atoms with van der Waals surface area (Å²) in [5, 5.41) is 8.96. The summed E-state index contributed by atoms with van der Waals surface area (Å²) in [5.41, 5.74) is 0. The Bertz CT molecular complexity index is 339. The summed E-state index contributed by atoms with van der Waals surface area (Å²) in [6.07, 6.45) is 2.98. The molecule has 2 unspecified atom stereocenters. The Morgan fingerprint density at radius 2 is 1.58 bits per heavy atom. The van der Waals surface area contributed by atoms with Crippen LogP contribution in [0, 0.1) is 11.8 Å². The monoisotopic (exact) mass is 269 g/mol. The van der Waals surface area contributed by atoms with Crippen LogP contribution in [0.5, 0.6) is 0 Å². The number of carboxylic acid groups (broad SMARTS) is 1. The molecule has 0 aliphatic carbocycles. The summed E-state index contributed by atoms with van der Waals surface area (Å²) in [4.78, 5) is 25.2. The number of hydrogen-bond donors (Lipinski definition) is 1. The second kappa shape index (κ2) is 5.90. The van der Waals surface area contributed by atoms with Crippen LogP contribution >= 0.6 is 0 Å². The van der Waals surface area contributed by atoms with Crippen molar-refractivity contribution in [3.05, 3.63) is 0 Å². The van der Waals surface area contributed by atoms with Crippen molar-refractivity contribution in [2.75, 3.05) is 13.1 Å². The first-order valence-corrected chi connectivity index (χ1v) is 7.14. The van der Waals surface area contributed by atoms with E-state index in [4.69, 9.17) is 9.84 Å². The molecule has 0 bridgehead atoms. The largest absolute Gasteiger partial charge is 0.481 e. The summed E-state index contributed by atoms with van der Waals surface area (Å²) in [6.45, 7) is 5.17. The molecule has 19 heavy (non-hydrogen) atoms. The van der Waals surface area contributed by atoms with E-state index >= 15 is 0 Å². The number of carboxylic acids is 1. The van der Waals surface area contributed by atoms with Crippen molar-refractivity contribution in [2.45, 2.75) is 51.7 Å². The average molecular weight is 269 g/mol. The van der Waals surface area contributed by atoms with Crippen LogP contribution in [-0.2, 0) is 14.3 Å². The van der Waals surface area contributed by atoms with Crippen LogP contribution in [0.4, 0.5) is 0 Å². The van der Waals surface area contributed by atoms with E-state index in [1.54, 1.807) is 0 Å². The van der Waals surface area contributed by atoms with Gasteiger partial charge in [-0.25, -0.2) is 0 Å². The third-order valence-corrected chi connectivity index (χ3v) is 4.20. The lowest BCUT2D eigenvalue weighted by molar-refractivity contribution is -0.149. The summed E-state index contributed by atoms with van der Waals surface area (Å²) in [5.74, 6) is -0.789. The lowest BCUT2D eigenvalue weighted by Gasteiger charge is -2.37. The van der Waals surface area contributed by atoms with Gasteiger partial charge in [-0.1, -0.05) is 0 Å². The SMILES string of the molecule is CC1CC(C(=O)N2CCC(C(=O)O)CC2)CC(C)O1. The van der Waals surface area contributed by atoms with Gasteiger partial charge in [-0.2, -0.15) is 0 Å². The normalized spacial score (nSPS) is 33.2. The van der Waals surface area contributed by atoms with Crippen LogP contribution in [0.1, 0.15) is 39.5 Å². The van der Waals surface area contributed by atoms with Gasteiger partial charge >= 0.3 is 5.97 Å². The molecule has 5 nitrogen and oxygen atoms in total. The van der Waals surface area contributed by atoms with E-state index in [0.29, 0.717) is 25.9 Å². The van der Waals surface area contributed by atoms with Gasteiger partial charge in [0.25, 0.3) is 0 Å². The molecule has 108 valence electrons. The van der Waals surface area contributed by atoms with Gasteiger partial charge in [0.15, 0.2) is 0 Å². The van der Waals surface area contributed by atoms with Crippen LogP contribution in [-0.4, -0.2) is 47.2 Å². The van der Waals surface area contributed by atoms with E-state index in [9.17, 15) is 9.59 Å². The molecule has 2 aliphatic heterocycles. The Morgan fingerprint density at radius 3 is 2.05 bits per heavy atom. The van der Waals surface area contributed by atoms with Gasteiger partial charge < -0.3 is 14.7 Å². The fourth-order valence-corrected chi connectivity index (χ4v) is 3.21. The van der Waals surface area contributed by atoms with Gasteiger partial charge in [-0.15, -0.1) is 0 Å². The van der Waals surface area contributed by atoms with E-state index in [2.05, 4.69) is 0 Å². The fourth-order valence-electron chi connectivity index (χ4n) is 3.21. The molecule has 2 atom stereocenters. The Morgan fingerprint density at radius 1 is 1.05 bits per heavy atom. The van der Waals surface area contributed by atoms with Crippen molar-refractivity contribution < 1.29 is 19.4 Å². The Balaban J connectivity index is 1.88. The molecule has 0 aromatic heterocycles. The Labute approximate surface area is 113 Å². The average Bonchev–Trinajstić information content (AvgIpc) is 2.37. The molecule has 5 heteroatoms. The number of rotatable bonds is 2. The highest BCUT2D eigenvalue weighted by atomic mass is 16.5. The molecular weight excluding hydrogens is 246 g/mol. The highest BCUT2D eigenvalue weighted by Crippen LogP contribution is 2.28. The van der Waals surface area contributed by atoms with E-state index in [0.717, 1.165) is 12.8 Å². The lowest BCUT2D eigenvalue weighted by atomic mass is 9.89. The number of carbonyl (C=O) groups is 2.